The smallest absolute Gasteiger partial charge is 0.266 e. The number of benzene rings is 3. The highest BCUT2D eigenvalue weighted by Crippen LogP contribution is 2.49. The van der Waals surface area contributed by atoms with E-state index in [-0.39, 0.29) is 5.91 Å². The van der Waals surface area contributed by atoms with Gasteiger partial charge in [0.2, 0.25) is 5.91 Å². The molecule has 5 nitrogen and oxygen atoms in total. The Morgan fingerprint density at radius 3 is 2.10 bits per heavy atom. The summed E-state index contributed by atoms with van der Waals surface area (Å²) in [6.45, 7) is 0. The molecule has 3 aromatic rings. The van der Waals surface area contributed by atoms with Crippen molar-refractivity contribution < 1.29 is 14.4 Å². The highest BCUT2D eigenvalue weighted by atomic mass is 35.5. The molecule has 0 aromatic heterocycles. The van der Waals surface area contributed by atoms with E-state index in [1.807, 2.05) is 30.3 Å². The fraction of sp³-hybridized carbons (Fsp3) is 0.130. The third-order valence-electron chi connectivity index (χ3n) is 5.49. The SMILES string of the molecule is O=C1[C@@H]2[C@@H](c3ccc(Cl)cc3Cl)N(c3ccccc3)O[C@H]2C(=O)N1c1ccc(Cl)cc1. The molecule has 2 amide bonds. The number of rotatable bonds is 3. The molecule has 0 unspecified atom stereocenters. The highest BCUT2D eigenvalue weighted by molar-refractivity contribution is 6.35. The van der Waals surface area contributed by atoms with Crippen LogP contribution in [0.3, 0.4) is 0 Å². The zero-order valence-corrected chi connectivity index (χ0v) is 18.2. The van der Waals surface area contributed by atoms with Gasteiger partial charge in [-0.3, -0.25) is 14.4 Å². The van der Waals surface area contributed by atoms with Crippen molar-refractivity contribution in [3.63, 3.8) is 0 Å². The Morgan fingerprint density at radius 1 is 0.742 bits per heavy atom. The Kier molecular flexibility index (Phi) is 5.15. The molecule has 0 radical (unpaired) electrons. The van der Waals surface area contributed by atoms with Gasteiger partial charge in [-0.25, -0.2) is 9.96 Å². The van der Waals surface area contributed by atoms with Crippen molar-refractivity contribution in [2.45, 2.75) is 12.1 Å². The maximum atomic E-state index is 13.5. The summed E-state index contributed by atoms with van der Waals surface area (Å²) in [4.78, 5) is 34.0. The summed E-state index contributed by atoms with van der Waals surface area (Å²) < 4.78 is 0. The molecule has 0 saturated carbocycles. The molecule has 2 aliphatic heterocycles. The first-order valence-electron chi connectivity index (χ1n) is 9.55. The number of para-hydroxylation sites is 1. The first-order valence-corrected chi connectivity index (χ1v) is 10.7. The molecule has 0 bridgehead atoms. The number of carbonyl (C=O) groups is 2. The molecule has 156 valence electrons. The Labute approximate surface area is 193 Å². The van der Waals surface area contributed by atoms with Crippen molar-refractivity contribution in [3.05, 3.63) is 93.4 Å². The maximum absolute atomic E-state index is 13.5. The van der Waals surface area contributed by atoms with E-state index < -0.39 is 24.0 Å². The number of hydroxylamine groups is 1. The fourth-order valence-corrected chi connectivity index (χ4v) is 4.76. The quantitative estimate of drug-likeness (QED) is 0.458. The van der Waals surface area contributed by atoms with Gasteiger partial charge in [0.15, 0.2) is 6.10 Å². The molecule has 0 aliphatic carbocycles. The second-order valence-electron chi connectivity index (χ2n) is 7.31. The van der Waals surface area contributed by atoms with Gasteiger partial charge in [0.25, 0.3) is 5.91 Å². The molecule has 0 N–H and O–H groups in total. The van der Waals surface area contributed by atoms with Crippen molar-refractivity contribution in [2.75, 3.05) is 9.96 Å². The van der Waals surface area contributed by atoms with Crippen LogP contribution < -0.4 is 9.96 Å². The van der Waals surface area contributed by atoms with Gasteiger partial charge in [-0.1, -0.05) is 59.1 Å². The average molecular weight is 474 g/mol. The third kappa shape index (κ3) is 3.38. The molecule has 3 atom stereocenters. The lowest BCUT2D eigenvalue weighted by molar-refractivity contribution is -0.126. The van der Waals surface area contributed by atoms with Crippen LogP contribution in [0.2, 0.25) is 15.1 Å². The third-order valence-corrected chi connectivity index (χ3v) is 6.31. The molecule has 0 spiro atoms. The summed E-state index contributed by atoms with van der Waals surface area (Å²) in [6, 6.07) is 20.3. The van der Waals surface area contributed by atoms with Crippen molar-refractivity contribution in [3.8, 4) is 0 Å². The Hall–Kier alpha value is -2.57. The van der Waals surface area contributed by atoms with Crippen molar-refractivity contribution in [2.24, 2.45) is 5.92 Å². The summed E-state index contributed by atoms with van der Waals surface area (Å²) in [7, 11) is 0. The van der Waals surface area contributed by atoms with E-state index in [2.05, 4.69) is 0 Å². The van der Waals surface area contributed by atoms with Gasteiger partial charge in [-0.05, 0) is 54.1 Å². The molecule has 31 heavy (non-hydrogen) atoms. The van der Waals surface area contributed by atoms with E-state index in [9.17, 15) is 9.59 Å². The minimum atomic E-state index is -0.972. The van der Waals surface area contributed by atoms with Crippen LogP contribution >= 0.6 is 34.8 Å². The Morgan fingerprint density at radius 2 is 1.42 bits per heavy atom. The Bertz CT molecular complexity index is 1170. The predicted octanol–water partition coefficient (Wildman–Crippen LogP) is 5.70. The lowest BCUT2D eigenvalue weighted by atomic mass is 9.90. The molecule has 2 saturated heterocycles. The molecular formula is C23H15Cl3N2O3. The Balaban J connectivity index is 1.61. The number of hydrogen-bond donors (Lipinski definition) is 0. The van der Waals surface area contributed by atoms with E-state index in [0.29, 0.717) is 32.0 Å². The van der Waals surface area contributed by atoms with Crippen LogP contribution in [-0.4, -0.2) is 17.9 Å². The first kappa shape index (κ1) is 20.3. The zero-order chi connectivity index (χ0) is 21.7. The number of hydrogen-bond acceptors (Lipinski definition) is 4. The van der Waals surface area contributed by atoms with Gasteiger partial charge in [-0.2, -0.15) is 0 Å². The molecule has 2 fully saturated rings. The van der Waals surface area contributed by atoms with Gasteiger partial charge < -0.3 is 0 Å². The second kappa shape index (κ2) is 7.84. The van der Waals surface area contributed by atoms with Crippen molar-refractivity contribution >= 4 is 58.0 Å². The number of nitrogens with zero attached hydrogens (tertiary/aromatic N) is 2. The molecule has 8 heteroatoms. The molecule has 3 aromatic carbocycles. The highest BCUT2D eigenvalue weighted by Gasteiger charge is 2.60. The summed E-state index contributed by atoms with van der Waals surface area (Å²) in [6.07, 6.45) is -0.972. The van der Waals surface area contributed by atoms with E-state index in [1.165, 1.54) is 0 Å². The lowest BCUT2D eigenvalue weighted by Gasteiger charge is -2.29. The van der Waals surface area contributed by atoms with Crippen LogP contribution in [0.25, 0.3) is 0 Å². The van der Waals surface area contributed by atoms with Crippen LogP contribution in [0.5, 0.6) is 0 Å². The van der Waals surface area contributed by atoms with E-state index in [4.69, 9.17) is 39.6 Å². The van der Waals surface area contributed by atoms with Gasteiger partial charge >= 0.3 is 0 Å². The van der Waals surface area contributed by atoms with Crippen LogP contribution in [0, 0.1) is 5.92 Å². The number of carbonyl (C=O) groups excluding carboxylic acids is 2. The van der Waals surface area contributed by atoms with Crippen LogP contribution in [0.15, 0.2) is 72.8 Å². The zero-order valence-electron chi connectivity index (χ0n) is 15.9. The van der Waals surface area contributed by atoms with Crippen molar-refractivity contribution in [1.29, 1.82) is 0 Å². The maximum Gasteiger partial charge on any atom is 0.266 e. The van der Waals surface area contributed by atoms with Gasteiger partial charge in [-0.15, -0.1) is 0 Å². The van der Waals surface area contributed by atoms with Crippen LogP contribution in [-0.2, 0) is 14.4 Å². The number of halogens is 3. The summed E-state index contributed by atoms with van der Waals surface area (Å²) in [5, 5.41) is 2.99. The molecule has 5 rings (SSSR count). The summed E-state index contributed by atoms with van der Waals surface area (Å²) >= 11 is 18.6. The number of amides is 2. The summed E-state index contributed by atoms with van der Waals surface area (Å²) in [5.41, 5.74) is 1.82. The monoisotopic (exact) mass is 472 g/mol. The normalized spacial score (nSPS) is 22.9. The van der Waals surface area contributed by atoms with Gasteiger partial charge in [0.1, 0.15) is 5.92 Å². The standard InChI is InChI=1S/C23H15Cl3N2O3/c24-13-6-9-15(10-7-13)27-22(29)19-20(17-11-8-14(25)12-18(17)26)28(31-21(19)23(27)30)16-4-2-1-3-5-16/h1-12,19-21H/t19-,20-,21-/m1/s1. The molecule has 2 heterocycles. The van der Waals surface area contributed by atoms with E-state index in [1.54, 1.807) is 47.5 Å². The fourth-order valence-electron chi connectivity index (χ4n) is 4.12. The number of imide groups is 1. The molecular weight excluding hydrogens is 459 g/mol. The minimum absolute atomic E-state index is 0.355. The van der Waals surface area contributed by atoms with Crippen LogP contribution in [0.1, 0.15) is 11.6 Å². The largest absolute Gasteiger partial charge is 0.273 e. The second-order valence-corrected chi connectivity index (χ2v) is 8.59. The molecule has 2 aliphatic rings. The van der Waals surface area contributed by atoms with Crippen LogP contribution in [0.4, 0.5) is 11.4 Å². The number of fused-ring (bicyclic) bond motifs is 1. The van der Waals surface area contributed by atoms with Gasteiger partial charge in [0, 0.05) is 15.1 Å². The lowest BCUT2D eigenvalue weighted by Crippen LogP contribution is -2.37. The van der Waals surface area contributed by atoms with Gasteiger partial charge in [0.05, 0.1) is 17.4 Å². The minimum Gasteiger partial charge on any atom is -0.273 e. The topological polar surface area (TPSA) is 49.9 Å². The average Bonchev–Trinajstić information content (AvgIpc) is 3.26. The first-order chi connectivity index (χ1) is 15.0. The summed E-state index contributed by atoms with van der Waals surface area (Å²) in [5.74, 6) is -1.56. The van der Waals surface area contributed by atoms with E-state index >= 15 is 0 Å². The number of anilines is 2. The predicted molar refractivity (Wildman–Crippen MR) is 120 cm³/mol. The van der Waals surface area contributed by atoms with E-state index in [0.717, 1.165) is 4.90 Å². The van der Waals surface area contributed by atoms with Crippen molar-refractivity contribution in [1.82, 2.24) is 0 Å².